The molecule has 0 saturated carbocycles. The number of pyridine rings is 1. The van der Waals surface area contributed by atoms with Crippen LogP contribution in [0.25, 0.3) is 0 Å². The molecule has 0 aliphatic rings. The third kappa shape index (κ3) is 2.75. The molecule has 1 heterocycles. The van der Waals surface area contributed by atoms with E-state index >= 15 is 0 Å². The fraction of sp³-hybridized carbons (Fsp3) is 0.250. The lowest BCUT2D eigenvalue weighted by atomic mass is 10.2. The van der Waals surface area contributed by atoms with E-state index in [0.29, 0.717) is 0 Å². The number of alkyl halides is 2. The highest BCUT2D eigenvalue weighted by Gasteiger charge is 2.20. The molecule has 1 aromatic heterocycles. The van der Waals surface area contributed by atoms with Crippen molar-refractivity contribution in [3.05, 3.63) is 21.0 Å². The van der Waals surface area contributed by atoms with E-state index in [-0.39, 0.29) is 15.0 Å². The molecule has 0 atom stereocenters. The Morgan fingerprint density at radius 2 is 2.27 bits per heavy atom. The van der Waals surface area contributed by atoms with Crippen molar-refractivity contribution in [3.63, 3.8) is 0 Å². The van der Waals surface area contributed by atoms with E-state index in [0.717, 1.165) is 6.07 Å². The van der Waals surface area contributed by atoms with Crippen molar-refractivity contribution in [2.24, 2.45) is 0 Å². The van der Waals surface area contributed by atoms with Gasteiger partial charge in [-0.15, -0.1) is 0 Å². The Labute approximate surface area is 103 Å². The average molecular weight is 347 g/mol. The zero-order valence-electron chi connectivity index (χ0n) is 7.43. The number of hydrogen-bond acceptors (Lipinski definition) is 3. The Hall–Kier alpha value is -0.500. The standard InChI is InChI=1S/C8H5ClF2INO2/c1-15-4-2-3(7(10)11)13-8(12)5(4)6(9)14/h2,7H,1H3. The monoisotopic (exact) mass is 347 g/mol. The number of methoxy groups -OCH3 is 1. The van der Waals surface area contributed by atoms with Crippen LogP contribution in [0.4, 0.5) is 8.78 Å². The molecule has 7 heteroatoms. The van der Waals surface area contributed by atoms with Crippen LogP contribution in [0.15, 0.2) is 6.07 Å². The zero-order chi connectivity index (χ0) is 11.6. The highest BCUT2D eigenvalue weighted by atomic mass is 127. The first-order valence-corrected chi connectivity index (χ1v) is 5.15. The first-order valence-electron chi connectivity index (χ1n) is 3.69. The molecule has 0 aliphatic heterocycles. The highest BCUT2D eigenvalue weighted by Crippen LogP contribution is 2.29. The van der Waals surface area contributed by atoms with Crippen molar-refractivity contribution >= 4 is 39.4 Å². The van der Waals surface area contributed by atoms with Gasteiger partial charge in [0.15, 0.2) is 0 Å². The van der Waals surface area contributed by atoms with Gasteiger partial charge in [-0.3, -0.25) is 4.79 Å². The summed E-state index contributed by atoms with van der Waals surface area (Å²) < 4.78 is 29.6. The van der Waals surface area contributed by atoms with Crippen LogP contribution in [0.1, 0.15) is 22.5 Å². The maximum Gasteiger partial charge on any atom is 0.280 e. The molecule has 0 fully saturated rings. The van der Waals surface area contributed by atoms with Crippen LogP contribution in [0, 0.1) is 3.70 Å². The third-order valence-corrected chi connectivity index (χ3v) is 2.57. The van der Waals surface area contributed by atoms with E-state index in [9.17, 15) is 13.6 Å². The lowest BCUT2D eigenvalue weighted by Gasteiger charge is -2.08. The molecule has 0 spiro atoms. The fourth-order valence-electron chi connectivity index (χ4n) is 0.960. The molecule has 0 amide bonds. The molecule has 82 valence electrons. The normalized spacial score (nSPS) is 10.5. The molecule has 1 rings (SSSR count). The number of ether oxygens (including phenoxy) is 1. The van der Waals surface area contributed by atoms with Gasteiger partial charge in [0.2, 0.25) is 0 Å². The lowest BCUT2D eigenvalue weighted by molar-refractivity contribution is 0.107. The maximum atomic E-state index is 12.4. The predicted octanol–water partition coefficient (Wildman–Crippen LogP) is 3.01. The van der Waals surface area contributed by atoms with Crippen molar-refractivity contribution in [2.75, 3.05) is 7.11 Å². The molecule has 15 heavy (non-hydrogen) atoms. The molecule has 0 bridgehead atoms. The van der Waals surface area contributed by atoms with Crippen LogP contribution < -0.4 is 4.74 Å². The van der Waals surface area contributed by atoms with E-state index < -0.39 is 17.4 Å². The Bertz CT molecular complexity index is 400. The topological polar surface area (TPSA) is 39.2 Å². The van der Waals surface area contributed by atoms with Crippen molar-refractivity contribution in [1.29, 1.82) is 0 Å². The third-order valence-electron chi connectivity index (χ3n) is 1.60. The van der Waals surface area contributed by atoms with Gasteiger partial charge in [0.1, 0.15) is 20.7 Å². The fourth-order valence-corrected chi connectivity index (χ4v) is 2.09. The second-order valence-electron chi connectivity index (χ2n) is 2.49. The van der Waals surface area contributed by atoms with Gasteiger partial charge in [0.05, 0.1) is 7.11 Å². The maximum absolute atomic E-state index is 12.4. The predicted molar refractivity (Wildman–Crippen MR) is 58.6 cm³/mol. The van der Waals surface area contributed by atoms with Crippen LogP contribution >= 0.6 is 34.2 Å². The molecule has 0 saturated heterocycles. The largest absolute Gasteiger partial charge is 0.496 e. The second-order valence-corrected chi connectivity index (χ2v) is 3.85. The number of aromatic nitrogens is 1. The number of halogens is 4. The Morgan fingerprint density at radius 3 is 2.67 bits per heavy atom. The van der Waals surface area contributed by atoms with Gasteiger partial charge in [-0.2, -0.15) is 0 Å². The van der Waals surface area contributed by atoms with Crippen molar-refractivity contribution in [1.82, 2.24) is 4.98 Å². The van der Waals surface area contributed by atoms with Gasteiger partial charge in [-0.25, -0.2) is 13.8 Å². The minimum atomic E-state index is -2.72. The molecular weight excluding hydrogens is 342 g/mol. The van der Waals surface area contributed by atoms with Gasteiger partial charge in [0, 0.05) is 6.07 Å². The molecule has 0 N–H and O–H groups in total. The lowest BCUT2D eigenvalue weighted by Crippen LogP contribution is -2.04. The number of hydrogen-bond donors (Lipinski definition) is 0. The minimum Gasteiger partial charge on any atom is -0.496 e. The quantitative estimate of drug-likeness (QED) is 0.479. The number of nitrogens with zero attached hydrogens (tertiary/aromatic N) is 1. The minimum absolute atomic E-state index is 0.00386. The van der Waals surface area contributed by atoms with E-state index in [1.807, 2.05) is 0 Å². The molecule has 0 aliphatic carbocycles. The molecule has 3 nitrogen and oxygen atoms in total. The van der Waals surface area contributed by atoms with E-state index in [4.69, 9.17) is 16.3 Å². The highest BCUT2D eigenvalue weighted by molar-refractivity contribution is 14.1. The van der Waals surface area contributed by atoms with Gasteiger partial charge in [-0.05, 0) is 34.2 Å². The Kier molecular flexibility index (Phi) is 4.21. The van der Waals surface area contributed by atoms with Crippen LogP contribution in [0.3, 0.4) is 0 Å². The molecule has 0 unspecified atom stereocenters. The first kappa shape index (κ1) is 12.6. The van der Waals surface area contributed by atoms with E-state index in [2.05, 4.69) is 4.98 Å². The summed E-state index contributed by atoms with van der Waals surface area (Å²) >= 11 is 6.93. The van der Waals surface area contributed by atoms with Crippen molar-refractivity contribution in [3.8, 4) is 5.75 Å². The van der Waals surface area contributed by atoms with E-state index in [1.165, 1.54) is 7.11 Å². The summed E-state index contributed by atoms with van der Waals surface area (Å²) in [6.45, 7) is 0. The van der Waals surface area contributed by atoms with Gasteiger partial charge >= 0.3 is 0 Å². The summed E-state index contributed by atoms with van der Waals surface area (Å²) in [7, 11) is 1.27. The summed E-state index contributed by atoms with van der Waals surface area (Å²) in [5, 5.41) is -0.787. The van der Waals surface area contributed by atoms with Crippen LogP contribution in [-0.2, 0) is 0 Å². The van der Waals surface area contributed by atoms with Crippen molar-refractivity contribution < 1.29 is 18.3 Å². The van der Waals surface area contributed by atoms with Crippen LogP contribution in [0.5, 0.6) is 5.75 Å². The summed E-state index contributed by atoms with van der Waals surface area (Å²) in [5.74, 6) is 0.00435. The summed E-state index contributed by atoms with van der Waals surface area (Å²) in [6, 6.07) is 1.00. The van der Waals surface area contributed by atoms with Gasteiger partial charge in [0.25, 0.3) is 11.7 Å². The number of carbonyl (C=O) groups excluding carboxylic acids is 1. The average Bonchev–Trinajstić information content (AvgIpc) is 2.15. The second kappa shape index (κ2) is 5.02. The summed E-state index contributed by atoms with van der Waals surface area (Å²) in [6.07, 6.45) is -2.72. The first-order chi connectivity index (χ1) is 6.97. The Balaban J connectivity index is 3.37. The molecule has 0 aromatic carbocycles. The summed E-state index contributed by atoms with van der Waals surface area (Å²) in [5.41, 5.74) is -0.443. The Morgan fingerprint density at radius 1 is 1.67 bits per heavy atom. The molecule has 0 radical (unpaired) electrons. The van der Waals surface area contributed by atoms with Crippen molar-refractivity contribution in [2.45, 2.75) is 6.43 Å². The zero-order valence-corrected chi connectivity index (χ0v) is 10.3. The van der Waals surface area contributed by atoms with E-state index in [1.54, 1.807) is 22.6 Å². The van der Waals surface area contributed by atoms with Crippen LogP contribution in [-0.4, -0.2) is 17.3 Å². The number of carbonyl (C=O) groups is 1. The number of rotatable bonds is 3. The smallest absolute Gasteiger partial charge is 0.280 e. The SMILES string of the molecule is COc1cc(C(F)F)nc(I)c1C(=O)Cl. The van der Waals surface area contributed by atoms with Gasteiger partial charge < -0.3 is 4.74 Å². The molecule has 1 aromatic rings. The molecular formula is C8H5ClF2INO2. The van der Waals surface area contributed by atoms with Gasteiger partial charge in [-0.1, -0.05) is 0 Å². The summed E-state index contributed by atoms with van der Waals surface area (Å²) in [4.78, 5) is 14.5. The van der Waals surface area contributed by atoms with Crippen LogP contribution in [0.2, 0.25) is 0 Å².